The van der Waals surface area contributed by atoms with Crippen LogP contribution in [0.15, 0.2) is 237 Å². The molecule has 0 saturated heterocycles. The number of nitrogens with zero attached hydrogens (tertiary/aromatic N) is 6. The second kappa shape index (κ2) is 17.0. The lowest BCUT2D eigenvalue weighted by molar-refractivity contribution is -0.137. The summed E-state index contributed by atoms with van der Waals surface area (Å²) in [7, 11) is 0. The Morgan fingerprint density at radius 2 is 0.833 bits per heavy atom. The van der Waals surface area contributed by atoms with Crippen molar-refractivity contribution in [2.45, 2.75) is 6.18 Å². The van der Waals surface area contributed by atoms with Crippen molar-refractivity contribution in [3.63, 3.8) is 0 Å². The normalized spacial score (nSPS) is 12.0. The fourth-order valence-corrected chi connectivity index (χ4v) is 12.4. The topological polar surface area (TPSA) is 47.9 Å². The SMILES string of the molecule is [C-]#[N+]c1cc(C(F)(F)F)ccc1-c1ccc(-n2c3ccccc3c3c2ccc2c4ccccc4n(-c4ccccc4)c23)c(-c2cc(C#N)ccc2-n2c3ccccc3c3c2ccc2c4ccccc4n(-c4ccccc4)c23)c1. The van der Waals surface area contributed by atoms with E-state index in [9.17, 15) is 18.4 Å². The van der Waals surface area contributed by atoms with Gasteiger partial charge in [-0.2, -0.15) is 18.4 Å². The van der Waals surface area contributed by atoms with Gasteiger partial charge in [0.15, 0.2) is 5.69 Å². The number of fused-ring (bicyclic) bond motifs is 14. The number of hydrogen-bond donors (Lipinski definition) is 0. The molecular weight excluding hydrogens is 970 g/mol. The van der Waals surface area contributed by atoms with Gasteiger partial charge in [-0.05, 0) is 108 Å². The Labute approximate surface area is 443 Å². The second-order valence-electron chi connectivity index (χ2n) is 19.7. The third-order valence-corrected chi connectivity index (χ3v) is 15.6. The van der Waals surface area contributed by atoms with E-state index in [-0.39, 0.29) is 5.69 Å². The molecule has 15 rings (SSSR count). The van der Waals surface area contributed by atoms with Gasteiger partial charge < -0.3 is 18.3 Å². The first-order chi connectivity index (χ1) is 38.3. The molecule has 0 fully saturated rings. The fourth-order valence-electron chi connectivity index (χ4n) is 12.4. The number of halogens is 3. The number of para-hydroxylation sites is 6. The monoisotopic (exact) mass is 1010 g/mol. The van der Waals surface area contributed by atoms with Gasteiger partial charge in [0, 0.05) is 71.2 Å². The van der Waals surface area contributed by atoms with Crippen LogP contribution in [0.25, 0.3) is 137 Å². The number of aromatic nitrogens is 4. The average Bonchev–Trinajstić information content (AvgIpc) is 3.74. The number of nitriles is 1. The lowest BCUT2D eigenvalue weighted by Gasteiger charge is -2.20. The van der Waals surface area contributed by atoms with Crippen LogP contribution < -0.4 is 0 Å². The Morgan fingerprint density at radius 1 is 0.385 bits per heavy atom. The van der Waals surface area contributed by atoms with Crippen LogP contribution in [0.5, 0.6) is 0 Å². The molecule has 0 aliphatic rings. The van der Waals surface area contributed by atoms with E-state index in [2.05, 4.69) is 187 Å². The van der Waals surface area contributed by atoms with E-state index in [1.54, 1.807) is 0 Å². The van der Waals surface area contributed by atoms with Gasteiger partial charge in [0.05, 0.1) is 73.7 Å². The predicted molar refractivity (Wildman–Crippen MR) is 311 cm³/mol. The Balaban J connectivity index is 1.08. The molecule has 78 heavy (non-hydrogen) atoms. The molecule has 0 N–H and O–H groups in total. The van der Waals surface area contributed by atoms with E-state index < -0.39 is 11.7 Å². The second-order valence-corrected chi connectivity index (χ2v) is 19.7. The highest BCUT2D eigenvalue weighted by atomic mass is 19.4. The van der Waals surface area contributed by atoms with Crippen LogP contribution in [0.2, 0.25) is 0 Å². The summed E-state index contributed by atoms with van der Waals surface area (Å²) in [5, 5.41) is 19.4. The van der Waals surface area contributed by atoms with Crippen LogP contribution in [0, 0.1) is 17.9 Å². The molecule has 366 valence electrons. The number of rotatable bonds is 6. The summed E-state index contributed by atoms with van der Waals surface area (Å²) in [6, 6.07) is 80.8. The highest BCUT2D eigenvalue weighted by Crippen LogP contribution is 2.48. The smallest absolute Gasteiger partial charge is 0.309 e. The molecule has 0 unspecified atom stereocenters. The zero-order valence-electron chi connectivity index (χ0n) is 41.3. The third kappa shape index (κ3) is 6.49. The Kier molecular flexibility index (Phi) is 9.75. The summed E-state index contributed by atoms with van der Waals surface area (Å²) in [6.45, 7) is 8.18. The van der Waals surface area contributed by atoms with E-state index in [0.29, 0.717) is 27.8 Å². The van der Waals surface area contributed by atoms with Gasteiger partial charge in [0.25, 0.3) is 0 Å². The van der Waals surface area contributed by atoms with Gasteiger partial charge >= 0.3 is 6.18 Å². The molecule has 6 nitrogen and oxygen atoms in total. The van der Waals surface area contributed by atoms with Gasteiger partial charge in [0.1, 0.15) is 0 Å². The Bertz CT molecular complexity index is 5100. The van der Waals surface area contributed by atoms with Crippen molar-refractivity contribution in [1.82, 2.24) is 18.3 Å². The molecule has 0 aliphatic heterocycles. The van der Waals surface area contributed by atoms with Crippen molar-refractivity contribution in [1.29, 1.82) is 5.26 Å². The zero-order chi connectivity index (χ0) is 52.4. The zero-order valence-corrected chi connectivity index (χ0v) is 41.3. The van der Waals surface area contributed by atoms with E-state index in [4.69, 9.17) is 6.57 Å². The molecule has 0 spiro atoms. The van der Waals surface area contributed by atoms with Gasteiger partial charge in [-0.1, -0.05) is 140 Å². The fraction of sp³-hybridized carbons (Fsp3) is 0.0145. The van der Waals surface area contributed by atoms with Crippen LogP contribution in [-0.2, 0) is 6.18 Å². The van der Waals surface area contributed by atoms with Crippen molar-refractivity contribution >= 4 is 92.9 Å². The maximum atomic E-state index is 14.3. The number of benzene rings is 11. The lowest BCUT2D eigenvalue weighted by atomic mass is 9.93. The molecule has 0 saturated carbocycles. The predicted octanol–water partition coefficient (Wildman–Crippen LogP) is 18.9. The molecule has 0 bridgehead atoms. The molecule has 9 heteroatoms. The first kappa shape index (κ1) is 44.8. The van der Waals surface area contributed by atoms with Gasteiger partial charge in [-0.3, -0.25) is 0 Å². The van der Waals surface area contributed by atoms with Crippen LogP contribution in [-0.4, -0.2) is 18.3 Å². The molecule has 11 aromatic carbocycles. The maximum Gasteiger partial charge on any atom is 0.415 e. The van der Waals surface area contributed by atoms with Crippen LogP contribution in [0.3, 0.4) is 0 Å². The number of hydrogen-bond acceptors (Lipinski definition) is 1. The molecule has 4 aromatic heterocycles. The van der Waals surface area contributed by atoms with Crippen molar-refractivity contribution < 1.29 is 13.2 Å². The van der Waals surface area contributed by atoms with E-state index in [1.807, 2.05) is 60.7 Å². The van der Waals surface area contributed by atoms with Gasteiger partial charge in [-0.15, -0.1) is 0 Å². The molecule has 15 aromatic rings. The van der Waals surface area contributed by atoms with Crippen molar-refractivity contribution in [3.05, 3.63) is 259 Å². The highest BCUT2D eigenvalue weighted by molar-refractivity contribution is 6.28. The standard InChI is InChI=1S/C69H39F3N6/c1-74-56-40-44(69(70,71)72)30-31-47(56)43-29-35-62(78-60-27-15-11-23-53(60)66-64(78)37-33-51-49-21-9-13-25-58(49)76(68(51)66)46-18-6-3-7-19-46)55(39-43)54-38-42(41-73)28-34-61(54)77-59-26-14-10-22-52(59)65-63(77)36-32-50-48-20-8-12-24-57(48)75(67(50)65)45-16-4-2-5-17-45/h2-40H. The minimum absolute atomic E-state index is 0.122. The highest BCUT2D eigenvalue weighted by Gasteiger charge is 2.32. The summed E-state index contributed by atoms with van der Waals surface area (Å²) in [4.78, 5) is 3.67. The Hall–Kier alpha value is -10.6. The maximum absolute atomic E-state index is 14.3. The molecule has 4 heterocycles. The molecule has 0 atom stereocenters. The van der Waals surface area contributed by atoms with Crippen LogP contribution >= 0.6 is 0 Å². The summed E-state index contributed by atoms with van der Waals surface area (Å²) in [5.41, 5.74) is 13.3. The van der Waals surface area contributed by atoms with Crippen molar-refractivity contribution in [2.24, 2.45) is 0 Å². The van der Waals surface area contributed by atoms with Gasteiger partial charge in [-0.25, -0.2) is 4.85 Å². The first-order valence-corrected chi connectivity index (χ1v) is 25.6. The van der Waals surface area contributed by atoms with Crippen LogP contribution in [0.1, 0.15) is 11.1 Å². The molecule has 0 amide bonds. The minimum Gasteiger partial charge on any atom is -0.309 e. The average molecular weight is 1010 g/mol. The molecule has 0 aliphatic carbocycles. The Morgan fingerprint density at radius 3 is 1.32 bits per heavy atom. The largest absolute Gasteiger partial charge is 0.415 e. The van der Waals surface area contributed by atoms with E-state index in [1.165, 1.54) is 6.07 Å². The quantitative estimate of drug-likeness (QED) is 0.153. The summed E-state index contributed by atoms with van der Waals surface area (Å²) in [5.74, 6) is 0. The van der Waals surface area contributed by atoms with Crippen molar-refractivity contribution in [2.75, 3.05) is 0 Å². The first-order valence-electron chi connectivity index (χ1n) is 25.6. The summed E-state index contributed by atoms with van der Waals surface area (Å²) in [6.07, 6.45) is -4.64. The third-order valence-electron chi connectivity index (χ3n) is 15.6. The number of alkyl halides is 3. The van der Waals surface area contributed by atoms with Crippen molar-refractivity contribution in [3.8, 4) is 51.1 Å². The summed E-state index contributed by atoms with van der Waals surface area (Å²) < 4.78 is 52.0. The molecular formula is C69H39F3N6. The van der Waals surface area contributed by atoms with Gasteiger partial charge in [0.2, 0.25) is 0 Å². The minimum atomic E-state index is -4.64. The molecule has 0 radical (unpaired) electrons. The lowest BCUT2D eigenvalue weighted by Crippen LogP contribution is -2.04. The summed E-state index contributed by atoms with van der Waals surface area (Å²) >= 11 is 0. The van der Waals surface area contributed by atoms with E-state index in [0.717, 1.165) is 122 Å². The van der Waals surface area contributed by atoms with E-state index >= 15 is 0 Å². The van der Waals surface area contributed by atoms with Crippen LogP contribution in [0.4, 0.5) is 18.9 Å².